The molecule has 180 valence electrons. The van der Waals surface area contributed by atoms with Crippen molar-refractivity contribution in [2.45, 2.75) is 32.0 Å². The number of hydrogen-bond acceptors (Lipinski definition) is 4. The number of aliphatic hydroxyl groups excluding tert-OH is 1. The van der Waals surface area contributed by atoms with Gasteiger partial charge in [0.05, 0.1) is 17.5 Å². The number of rotatable bonds is 5. The van der Waals surface area contributed by atoms with E-state index in [-0.39, 0.29) is 23.9 Å². The highest BCUT2D eigenvalue weighted by molar-refractivity contribution is 5.72. The Morgan fingerprint density at radius 3 is 2.74 bits per heavy atom. The van der Waals surface area contributed by atoms with Crippen LogP contribution in [0.3, 0.4) is 0 Å². The Morgan fingerprint density at radius 1 is 1.11 bits per heavy atom. The summed E-state index contributed by atoms with van der Waals surface area (Å²) in [4.78, 5) is 7.06. The van der Waals surface area contributed by atoms with Gasteiger partial charge >= 0.3 is 0 Å². The molecule has 35 heavy (non-hydrogen) atoms. The monoisotopic (exact) mass is 471 g/mol. The first-order valence-electron chi connectivity index (χ1n) is 12.2. The molecular formula is C28H30FN5O. The number of likely N-dealkylation sites (N-methyl/N-ethyl adjacent to an activating group) is 1. The number of benzene rings is 2. The van der Waals surface area contributed by atoms with E-state index in [1.807, 2.05) is 38.5 Å². The molecule has 2 aliphatic heterocycles. The first-order valence-corrected chi connectivity index (χ1v) is 12.2. The van der Waals surface area contributed by atoms with E-state index >= 15 is 0 Å². The molecular weight excluding hydrogens is 441 g/mol. The average molecular weight is 472 g/mol. The van der Waals surface area contributed by atoms with Crippen LogP contribution in [0.4, 0.5) is 10.1 Å². The van der Waals surface area contributed by atoms with E-state index in [0.29, 0.717) is 0 Å². The van der Waals surface area contributed by atoms with Gasteiger partial charge in [-0.3, -0.25) is 4.57 Å². The second-order valence-corrected chi connectivity index (χ2v) is 9.75. The second kappa shape index (κ2) is 8.66. The van der Waals surface area contributed by atoms with Crippen LogP contribution in [0.2, 0.25) is 0 Å². The maximum Gasteiger partial charge on any atom is 0.161 e. The zero-order valence-electron chi connectivity index (χ0n) is 20.0. The minimum atomic E-state index is -0.355. The maximum atomic E-state index is 13.5. The quantitative estimate of drug-likeness (QED) is 0.401. The molecule has 2 unspecified atom stereocenters. The third-order valence-corrected chi connectivity index (χ3v) is 7.65. The summed E-state index contributed by atoms with van der Waals surface area (Å²) >= 11 is 0. The van der Waals surface area contributed by atoms with Crippen LogP contribution >= 0.6 is 0 Å². The molecule has 6 rings (SSSR count). The Balaban J connectivity index is 1.34. The summed E-state index contributed by atoms with van der Waals surface area (Å²) in [7, 11) is 1.90. The van der Waals surface area contributed by atoms with Gasteiger partial charge < -0.3 is 19.9 Å². The van der Waals surface area contributed by atoms with Crippen molar-refractivity contribution < 1.29 is 9.50 Å². The van der Waals surface area contributed by atoms with Crippen molar-refractivity contribution in [1.29, 1.82) is 0 Å². The molecule has 0 saturated carbocycles. The van der Waals surface area contributed by atoms with E-state index in [4.69, 9.17) is 0 Å². The van der Waals surface area contributed by atoms with Crippen LogP contribution < -0.4 is 10.2 Å². The molecule has 2 aromatic carbocycles. The molecule has 3 atom stereocenters. The molecule has 0 bridgehead atoms. The van der Waals surface area contributed by atoms with E-state index < -0.39 is 0 Å². The molecule has 6 nitrogen and oxygen atoms in total. The predicted octanol–water partition coefficient (Wildman–Crippen LogP) is 4.30. The molecule has 0 radical (unpaired) electrons. The Labute approximate surface area is 204 Å². The first-order chi connectivity index (χ1) is 17.0. The molecule has 2 aromatic heterocycles. The Hall–Kier alpha value is -3.42. The Morgan fingerprint density at radius 2 is 1.94 bits per heavy atom. The Bertz CT molecular complexity index is 1360. The highest BCUT2D eigenvalue weighted by Gasteiger charge is 2.31. The van der Waals surface area contributed by atoms with E-state index in [2.05, 4.69) is 54.8 Å². The summed E-state index contributed by atoms with van der Waals surface area (Å²) in [5, 5.41) is 13.9. The van der Waals surface area contributed by atoms with Crippen molar-refractivity contribution in [2.24, 2.45) is 5.92 Å². The van der Waals surface area contributed by atoms with Crippen LogP contribution in [0.1, 0.15) is 18.9 Å². The fourth-order valence-corrected chi connectivity index (χ4v) is 5.51. The van der Waals surface area contributed by atoms with Gasteiger partial charge in [-0.2, -0.15) is 0 Å². The number of anilines is 1. The third kappa shape index (κ3) is 3.85. The molecule has 1 fully saturated rings. The minimum absolute atomic E-state index is 0.0779. The van der Waals surface area contributed by atoms with Gasteiger partial charge in [-0.1, -0.05) is 12.1 Å². The van der Waals surface area contributed by atoms with Gasteiger partial charge in [-0.15, -0.1) is 0 Å². The minimum Gasteiger partial charge on any atom is -0.391 e. The smallest absolute Gasteiger partial charge is 0.161 e. The van der Waals surface area contributed by atoms with Gasteiger partial charge in [-0.25, -0.2) is 9.37 Å². The van der Waals surface area contributed by atoms with Crippen molar-refractivity contribution in [3.8, 4) is 28.3 Å². The third-order valence-electron chi connectivity index (χ3n) is 7.65. The average Bonchev–Trinajstić information content (AvgIpc) is 3.62. The lowest BCUT2D eigenvalue weighted by atomic mass is 9.96. The van der Waals surface area contributed by atoms with Crippen molar-refractivity contribution in [1.82, 2.24) is 19.4 Å². The zero-order valence-corrected chi connectivity index (χ0v) is 20.0. The summed E-state index contributed by atoms with van der Waals surface area (Å²) < 4.78 is 17.8. The van der Waals surface area contributed by atoms with E-state index in [1.54, 1.807) is 0 Å². The molecule has 0 spiro atoms. The SMILES string of the molecule is CN[C@H](C)C(O)C1CCN(c2ccc3c(c2)Cn2cc(-c4ccc(F)cc4)cc2-c2nccn2-3)C1. The summed E-state index contributed by atoms with van der Waals surface area (Å²) in [6.45, 7) is 4.55. The number of hydrogen-bond donors (Lipinski definition) is 2. The van der Waals surface area contributed by atoms with Crippen LogP contribution in [0.5, 0.6) is 0 Å². The molecule has 7 heteroatoms. The van der Waals surface area contributed by atoms with Gasteiger partial charge in [0.15, 0.2) is 5.82 Å². The predicted molar refractivity (Wildman–Crippen MR) is 136 cm³/mol. The van der Waals surface area contributed by atoms with Gasteiger partial charge in [0.2, 0.25) is 0 Å². The van der Waals surface area contributed by atoms with Gasteiger partial charge in [0, 0.05) is 61.4 Å². The molecule has 2 N–H and O–H groups in total. The lowest BCUT2D eigenvalue weighted by Crippen LogP contribution is -2.41. The fraction of sp³-hybridized carbons (Fsp3) is 0.321. The van der Waals surface area contributed by atoms with Crippen LogP contribution in [0, 0.1) is 11.7 Å². The van der Waals surface area contributed by atoms with Gasteiger partial charge in [0.25, 0.3) is 0 Å². The standard InChI is InChI=1S/C28H30FN5O/c1-18(30-2)27(35)20-9-11-32(15-20)24-7-8-25-22(13-24)17-33-16-21(19-3-5-23(29)6-4-19)14-26(33)28-31-10-12-34(25)28/h3-8,10,12-14,16,18,20,27,30,35H,9,11,15,17H2,1-2H3/t18-,20?,27?/m1/s1. The van der Waals surface area contributed by atoms with E-state index in [1.165, 1.54) is 23.4 Å². The molecule has 4 heterocycles. The zero-order chi connectivity index (χ0) is 24.1. The maximum absolute atomic E-state index is 13.5. The number of nitrogens with zero attached hydrogens (tertiary/aromatic N) is 4. The van der Waals surface area contributed by atoms with E-state index in [0.717, 1.165) is 54.4 Å². The van der Waals surface area contributed by atoms with Gasteiger partial charge in [-0.05, 0) is 67.9 Å². The Kier molecular flexibility index (Phi) is 5.46. The molecule has 0 amide bonds. The normalized spacial score (nSPS) is 18.5. The summed E-state index contributed by atoms with van der Waals surface area (Å²) in [5.41, 5.74) is 6.60. The van der Waals surface area contributed by atoms with Crippen LogP contribution in [-0.4, -0.2) is 51.5 Å². The number of aromatic nitrogens is 3. The highest BCUT2D eigenvalue weighted by atomic mass is 19.1. The first kappa shape index (κ1) is 22.1. The van der Waals surface area contributed by atoms with Crippen molar-refractivity contribution in [3.05, 3.63) is 78.5 Å². The topological polar surface area (TPSA) is 58.2 Å². The van der Waals surface area contributed by atoms with Crippen LogP contribution in [0.15, 0.2) is 67.1 Å². The molecule has 2 aliphatic rings. The molecule has 1 saturated heterocycles. The molecule has 0 aliphatic carbocycles. The number of halogens is 1. The largest absolute Gasteiger partial charge is 0.391 e. The summed E-state index contributed by atoms with van der Waals surface area (Å²) in [5.74, 6) is 0.921. The highest BCUT2D eigenvalue weighted by Crippen LogP contribution is 2.36. The lowest BCUT2D eigenvalue weighted by Gasteiger charge is -2.25. The second-order valence-electron chi connectivity index (χ2n) is 9.75. The summed E-state index contributed by atoms with van der Waals surface area (Å²) in [6, 6.07) is 15.5. The van der Waals surface area contributed by atoms with Crippen molar-refractivity contribution in [3.63, 3.8) is 0 Å². The van der Waals surface area contributed by atoms with E-state index in [9.17, 15) is 9.50 Å². The number of aliphatic hydroxyl groups is 1. The number of nitrogens with one attached hydrogen (secondary N) is 1. The number of fused-ring (bicyclic) bond motifs is 5. The summed E-state index contributed by atoms with van der Waals surface area (Å²) in [6.07, 6.45) is 6.60. The fourth-order valence-electron chi connectivity index (χ4n) is 5.51. The van der Waals surface area contributed by atoms with Crippen LogP contribution in [-0.2, 0) is 6.54 Å². The van der Waals surface area contributed by atoms with Gasteiger partial charge in [0.1, 0.15) is 5.82 Å². The van der Waals surface area contributed by atoms with Crippen LogP contribution in [0.25, 0.3) is 28.3 Å². The lowest BCUT2D eigenvalue weighted by molar-refractivity contribution is 0.0863. The van der Waals surface area contributed by atoms with Crippen molar-refractivity contribution >= 4 is 5.69 Å². The number of imidazole rings is 1. The molecule has 4 aromatic rings. The van der Waals surface area contributed by atoms with Crippen molar-refractivity contribution in [2.75, 3.05) is 25.0 Å².